The van der Waals surface area contributed by atoms with Crippen molar-refractivity contribution >= 4 is 5.97 Å². The molecule has 0 unspecified atom stereocenters. The zero-order chi connectivity index (χ0) is 13.5. The van der Waals surface area contributed by atoms with E-state index in [1.54, 1.807) is 12.1 Å². The first-order valence-corrected chi connectivity index (χ1v) is 5.98. The quantitative estimate of drug-likeness (QED) is 0.836. The second-order valence-corrected chi connectivity index (χ2v) is 4.52. The molecule has 4 heteroatoms. The molecule has 0 atom stereocenters. The van der Waals surface area contributed by atoms with E-state index in [9.17, 15) is 4.79 Å². The lowest BCUT2D eigenvalue weighted by Gasteiger charge is -2.25. The third kappa shape index (κ3) is 4.56. The van der Waals surface area contributed by atoms with Gasteiger partial charge in [0.25, 0.3) is 0 Å². The minimum atomic E-state index is -0.777. The van der Waals surface area contributed by atoms with Crippen molar-refractivity contribution < 1.29 is 9.90 Å². The second kappa shape index (κ2) is 6.77. The fraction of sp³-hybridized carbons (Fsp3) is 0.429. The summed E-state index contributed by atoms with van der Waals surface area (Å²) in [6.07, 6.45) is 0.147. The van der Waals surface area contributed by atoms with Gasteiger partial charge in [-0.05, 0) is 31.5 Å². The van der Waals surface area contributed by atoms with Gasteiger partial charge in [0.2, 0.25) is 0 Å². The number of carboxylic acids is 1. The minimum Gasteiger partial charge on any atom is -0.481 e. The molecule has 1 N–H and O–H groups in total. The van der Waals surface area contributed by atoms with Crippen molar-refractivity contribution in [3.63, 3.8) is 0 Å². The molecule has 1 aromatic rings. The van der Waals surface area contributed by atoms with Crippen molar-refractivity contribution in [2.75, 3.05) is 6.54 Å². The fourth-order valence-corrected chi connectivity index (χ4v) is 1.68. The SMILES string of the molecule is CC(C)N(CCC(=O)O)Cc1ccc(C#N)cc1. The number of hydrogen-bond donors (Lipinski definition) is 1. The molecule has 1 aromatic carbocycles. The smallest absolute Gasteiger partial charge is 0.304 e. The molecule has 1 rings (SSSR count). The molecule has 18 heavy (non-hydrogen) atoms. The average molecular weight is 246 g/mol. The topological polar surface area (TPSA) is 64.3 Å². The zero-order valence-corrected chi connectivity index (χ0v) is 10.8. The lowest BCUT2D eigenvalue weighted by atomic mass is 10.1. The molecule has 0 fully saturated rings. The number of benzene rings is 1. The first-order valence-electron chi connectivity index (χ1n) is 5.98. The lowest BCUT2D eigenvalue weighted by Crippen LogP contribution is -2.32. The van der Waals surface area contributed by atoms with Crippen LogP contribution in [-0.2, 0) is 11.3 Å². The van der Waals surface area contributed by atoms with Crippen molar-refractivity contribution in [2.24, 2.45) is 0 Å². The highest BCUT2D eigenvalue weighted by atomic mass is 16.4. The van der Waals surface area contributed by atoms with Gasteiger partial charge >= 0.3 is 5.97 Å². The molecule has 0 spiro atoms. The highest BCUT2D eigenvalue weighted by molar-refractivity contribution is 5.66. The van der Waals surface area contributed by atoms with Gasteiger partial charge in [0.05, 0.1) is 18.1 Å². The van der Waals surface area contributed by atoms with Crippen molar-refractivity contribution in [2.45, 2.75) is 32.9 Å². The van der Waals surface area contributed by atoms with E-state index in [0.717, 1.165) is 5.56 Å². The van der Waals surface area contributed by atoms with Gasteiger partial charge in [-0.1, -0.05) is 12.1 Å². The van der Waals surface area contributed by atoms with Gasteiger partial charge in [0, 0.05) is 19.1 Å². The molecule has 0 aliphatic heterocycles. The Bertz CT molecular complexity index is 432. The Labute approximate surface area is 107 Å². The number of carboxylic acid groups (broad SMARTS) is 1. The van der Waals surface area contributed by atoms with Crippen LogP contribution in [0.2, 0.25) is 0 Å². The summed E-state index contributed by atoms with van der Waals surface area (Å²) in [6.45, 7) is 5.33. The third-order valence-electron chi connectivity index (χ3n) is 2.81. The fourth-order valence-electron chi connectivity index (χ4n) is 1.68. The zero-order valence-electron chi connectivity index (χ0n) is 10.8. The van der Waals surface area contributed by atoms with Gasteiger partial charge in [-0.3, -0.25) is 9.69 Å². The highest BCUT2D eigenvalue weighted by Crippen LogP contribution is 2.10. The number of carbonyl (C=O) groups is 1. The molecule has 0 aliphatic carbocycles. The van der Waals surface area contributed by atoms with Gasteiger partial charge in [-0.15, -0.1) is 0 Å². The maximum absolute atomic E-state index is 10.6. The Balaban J connectivity index is 2.65. The third-order valence-corrected chi connectivity index (χ3v) is 2.81. The number of hydrogen-bond acceptors (Lipinski definition) is 3. The second-order valence-electron chi connectivity index (χ2n) is 4.52. The Hall–Kier alpha value is -1.86. The molecule has 0 bridgehead atoms. The molecular weight excluding hydrogens is 228 g/mol. The molecule has 4 nitrogen and oxygen atoms in total. The maximum atomic E-state index is 10.6. The number of aliphatic carboxylic acids is 1. The van der Waals surface area contributed by atoms with Crippen molar-refractivity contribution in [3.05, 3.63) is 35.4 Å². The summed E-state index contributed by atoms with van der Waals surface area (Å²) in [4.78, 5) is 12.7. The number of nitrogens with zero attached hydrogens (tertiary/aromatic N) is 2. The summed E-state index contributed by atoms with van der Waals surface area (Å²) < 4.78 is 0. The number of nitriles is 1. The molecule has 0 radical (unpaired) electrons. The van der Waals surface area contributed by atoms with Crippen LogP contribution in [0, 0.1) is 11.3 Å². The van der Waals surface area contributed by atoms with Crippen LogP contribution in [0.1, 0.15) is 31.4 Å². The van der Waals surface area contributed by atoms with Crippen LogP contribution in [0.5, 0.6) is 0 Å². The first kappa shape index (κ1) is 14.2. The molecule has 0 amide bonds. The van der Waals surface area contributed by atoms with Gasteiger partial charge in [-0.25, -0.2) is 0 Å². The molecular formula is C14H18N2O2. The van der Waals surface area contributed by atoms with Crippen LogP contribution in [0.4, 0.5) is 0 Å². The first-order chi connectivity index (χ1) is 8.52. The molecule has 96 valence electrons. The Morgan fingerprint density at radius 1 is 1.39 bits per heavy atom. The van der Waals surface area contributed by atoms with Gasteiger partial charge in [-0.2, -0.15) is 5.26 Å². The van der Waals surface area contributed by atoms with E-state index in [4.69, 9.17) is 10.4 Å². The summed E-state index contributed by atoms with van der Waals surface area (Å²) >= 11 is 0. The van der Waals surface area contributed by atoms with Crippen LogP contribution in [0.25, 0.3) is 0 Å². The maximum Gasteiger partial charge on any atom is 0.304 e. The van der Waals surface area contributed by atoms with E-state index >= 15 is 0 Å². The molecule has 0 aliphatic rings. The van der Waals surface area contributed by atoms with E-state index in [-0.39, 0.29) is 6.42 Å². The van der Waals surface area contributed by atoms with Crippen molar-refractivity contribution in [1.29, 1.82) is 5.26 Å². The van der Waals surface area contributed by atoms with Gasteiger partial charge < -0.3 is 5.11 Å². The van der Waals surface area contributed by atoms with Crippen LogP contribution in [-0.4, -0.2) is 28.6 Å². The highest BCUT2D eigenvalue weighted by Gasteiger charge is 2.11. The van der Waals surface area contributed by atoms with Crippen LogP contribution in [0.15, 0.2) is 24.3 Å². The van der Waals surface area contributed by atoms with Crippen molar-refractivity contribution in [1.82, 2.24) is 4.90 Å². The average Bonchev–Trinajstić information content (AvgIpc) is 2.34. The normalized spacial score (nSPS) is 10.6. The summed E-state index contributed by atoms with van der Waals surface area (Å²) in [7, 11) is 0. The molecule has 0 saturated carbocycles. The van der Waals surface area contributed by atoms with E-state index in [0.29, 0.717) is 24.7 Å². The van der Waals surface area contributed by atoms with Crippen molar-refractivity contribution in [3.8, 4) is 6.07 Å². The van der Waals surface area contributed by atoms with E-state index in [2.05, 4.69) is 11.0 Å². The van der Waals surface area contributed by atoms with E-state index in [1.165, 1.54) is 0 Å². The van der Waals surface area contributed by atoms with Gasteiger partial charge in [0.1, 0.15) is 0 Å². The van der Waals surface area contributed by atoms with Crippen LogP contribution in [0.3, 0.4) is 0 Å². The monoisotopic (exact) mass is 246 g/mol. The minimum absolute atomic E-state index is 0.147. The van der Waals surface area contributed by atoms with Gasteiger partial charge in [0.15, 0.2) is 0 Å². The summed E-state index contributed by atoms with van der Waals surface area (Å²) in [5.41, 5.74) is 1.73. The lowest BCUT2D eigenvalue weighted by molar-refractivity contribution is -0.137. The van der Waals surface area contributed by atoms with Crippen LogP contribution < -0.4 is 0 Å². The molecule has 0 saturated heterocycles. The Kier molecular flexibility index (Phi) is 5.34. The summed E-state index contributed by atoms with van der Waals surface area (Å²) in [5, 5.41) is 17.4. The van der Waals surface area contributed by atoms with E-state index in [1.807, 2.05) is 26.0 Å². The largest absolute Gasteiger partial charge is 0.481 e. The summed E-state index contributed by atoms with van der Waals surface area (Å²) in [5.74, 6) is -0.777. The standard InChI is InChI=1S/C14H18N2O2/c1-11(2)16(8-7-14(17)18)10-13-5-3-12(9-15)4-6-13/h3-6,11H,7-8,10H2,1-2H3,(H,17,18). The molecule has 0 heterocycles. The summed E-state index contributed by atoms with van der Waals surface area (Å²) in [6, 6.07) is 9.76. The van der Waals surface area contributed by atoms with E-state index < -0.39 is 5.97 Å². The Morgan fingerprint density at radius 3 is 2.44 bits per heavy atom. The predicted molar refractivity (Wildman–Crippen MR) is 69.0 cm³/mol. The number of rotatable bonds is 6. The Morgan fingerprint density at radius 2 is 2.00 bits per heavy atom. The predicted octanol–water partition coefficient (Wildman–Crippen LogP) is 2.24. The molecule has 0 aromatic heterocycles. The van der Waals surface area contributed by atoms with Crippen LogP contribution >= 0.6 is 0 Å².